The van der Waals surface area contributed by atoms with E-state index in [-0.39, 0.29) is 22.5 Å². The van der Waals surface area contributed by atoms with Crippen LogP contribution < -0.4 is 5.32 Å². The fraction of sp³-hybridized carbons (Fsp3) is 0.357. The van der Waals surface area contributed by atoms with Crippen molar-refractivity contribution in [2.45, 2.75) is 32.5 Å². The fourth-order valence-electron chi connectivity index (χ4n) is 1.41. The van der Waals surface area contributed by atoms with Gasteiger partial charge in [-0.25, -0.2) is 0 Å². The van der Waals surface area contributed by atoms with Gasteiger partial charge in [-0.05, 0) is 43.2 Å². The summed E-state index contributed by atoms with van der Waals surface area (Å²) < 4.78 is 37.7. The molecule has 0 spiro atoms. The van der Waals surface area contributed by atoms with Gasteiger partial charge in [0.25, 0.3) is 0 Å². The molecule has 1 N–H and O–H groups in total. The summed E-state index contributed by atoms with van der Waals surface area (Å²) in [5.74, 6) is -0.368. The molecule has 0 saturated heterocycles. The standard InChI is InChI=1S/C14H15ClF3NO/c1-3-9(2)19-13(20)7-4-10-8-11(14(16,17)18)5-6-12(10)15/h4-9H,3H2,1-2H3,(H,19,20)/b7-4+. The van der Waals surface area contributed by atoms with Crippen molar-refractivity contribution in [2.24, 2.45) is 0 Å². The molecular formula is C14H15ClF3NO. The number of nitrogens with one attached hydrogen (secondary N) is 1. The first-order valence-corrected chi connectivity index (χ1v) is 6.47. The van der Waals surface area contributed by atoms with Crippen LogP contribution in [0, 0.1) is 0 Å². The second kappa shape index (κ2) is 6.79. The third-order valence-corrected chi connectivity index (χ3v) is 3.08. The second-order valence-corrected chi connectivity index (χ2v) is 4.79. The predicted octanol–water partition coefficient (Wildman–Crippen LogP) is 4.29. The third kappa shape index (κ3) is 4.89. The molecule has 0 aliphatic rings. The minimum Gasteiger partial charge on any atom is -0.350 e. The number of alkyl halides is 3. The number of hydrogen-bond donors (Lipinski definition) is 1. The molecule has 0 fully saturated rings. The van der Waals surface area contributed by atoms with Crippen LogP contribution in [0.15, 0.2) is 24.3 Å². The van der Waals surface area contributed by atoms with Crippen LogP contribution in [0.4, 0.5) is 13.2 Å². The number of carbonyl (C=O) groups excluding carboxylic acids is 1. The van der Waals surface area contributed by atoms with Crippen LogP contribution in [0.5, 0.6) is 0 Å². The molecule has 0 saturated carbocycles. The highest BCUT2D eigenvalue weighted by Crippen LogP contribution is 2.32. The van der Waals surface area contributed by atoms with E-state index >= 15 is 0 Å². The summed E-state index contributed by atoms with van der Waals surface area (Å²) in [6.45, 7) is 3.75. The lowest BCUT2D eigenvalue weighted by Crippen LogP contribution is -2.30. The van der Waals surface area contributed by atoms with Crippen LogP contribution in [-0.2, 0) is 11.0 Å². The zero-order valence-corrected chi connectivity index (χ0v) is 11.8. The molecule has 1 rings (SSSR count). The van der Waals surface area contributed by atoms with Gasteiger partial charge in [-0.3, -0.25) is 4.79 Å². The highest BCUT2D eigenvalue weighted by molar-refractivity contribution is 6.32. The van der Waals surface area contributed by atoms with Crippen molar-refractivity contribution in [1.29, 1.82) is 0 Å². The predicted molar refractivity (Wildman–Crippen MR) is 73.4 cm³/mol. The number of hydrogen-bond acceptors (Lipinski definition) is 1. The molecule has 0 radical (unpaired) electrons. The molecule has 1 atom stereocenters. The summed E-state index contributed by atoms with van der Waals surface area (Å²) in [7, 11) is 0. The Kier molecular flexibility index (Phi) is 5.62. The maximum Gasteiger partial charge on any atom is 0.416 e. The number of rotatable bonds is 4. The van der Waals surface area contributed by atoms with Crippen LogP contribution in [0.25, 0.3) is 6.08 Å². The third-order valence-electron chi connectivity index (χ3n) is 2.74. The molecule has 0 aromatic heterocycles. The number of carbonyl (C=O) groups is 1. The molecule has 6 heteroatoms. The highest BCUT2D eigenvalue weighted by Gasteiger charge is 2.30. The minimum atomic E-state index is -4.44. The normalized spacial score (nSPS) is 13.5. The second-order valence-electron chi connectivity index (χ2n) is 4.39. The first-order chi connectivity index (χ1) is 9.24. The average Bonchev–Trinajstić information content (AvgIpc) is 2.36. The van der Waals surface area contributed by atoms with Gasteiger partial charge in [0.15, 0.2) is 0 Å². The van der Waals surface area contributed by atoms with Crippen LogP contribution in [0.1, 0.15) is 31.4 Å². The van der Waals surface area contributed by atoms with E-state index in [9.17, 15) is 18.0 Å². The van der Waals surface area contributed by atoms with E-state index < -0.39 is 11.7 Å². The Morgan fingerprint density at radius 2 is 2.10 bits per heavy atom. The topological polar surface area (TPSA) is 29.1 Å². The first kappa shape index (κ1) is 16.6. The van der Waals surface area contributed by atoms with Crippen molar-refractivity contribution in [3.05, 3.63) is 40.4 Å². The van der Waals surface area contributed by atoms with Crippen LogP contribution in [0.2, 0.25) is 5.02 Å². The number of amides is 1. The zero-order chi connectivity index (χ0) is 15.3. The molecule has 0 aliphatic carbocycles. The van der Waals surface area contributed by atoms with Gasteiger partial charge in [0.05, 0.1) is 5.56 Å². The van der Waals surface area contributed by atoms with Gasteiger partial charge < -0.3 is 5.32 Å². The van der Waals surface area contributed by atoms with Crippen molar-refractivity contribution in [2.75, 3.05) is 0 Å². The molecule has 1 amide bonds. The molecule has 1 aromatic carbocycles. The Bertz CT molecular complexity index is 512. The quantitative estimate of drug-likeness (QED) is 0.826. The Labute approximate surface area is 120 Å². The molecule has 0 bridgehead atoms. The highest BCUT2D eigenvalue weighted by atomic mass is 35.5. The maximum atomic E-state index is 12.6. The van der Waals surface area contributed by atoms with Crippen LogP contribution >= 0.6 is 11.6 Å². The molecule has 110 valence electrons. The fourth-order valence-corrected chi connectivity index (χ4v) is 1.59. The lowest BCUT2D eigenvalue weighted by atomic mass is 10.1. The van der Waals surface area contributed by atoms with E-state index in [1.165, 1.54) is 12.2 Å². The number of halogens is 4. The molecule has 20 heavy (non-hydrogen) atoms. The molecular weight excluding hydrogens is 291 g/mol. The Morgan fingerprint density at radius 3 is 2.65 bits per heavy atom. The van der Waals surface area contributed by atoms with Crippen LogP contribution in [-0.4, -0.2) is 11.9 Å². The van der Waals surface area contributed by atoms with Crippen molar-refractivity contribution in [3.8, 4) is 0 Å². The van der Waals surface area contributed by atoms with Gasteiger partial charge in [-0.1, -0.05) is 18.5 Å². The summed E-state index contributed by atoms with van der Waals surface area (Å²) in [6.07, 6.45) is -1.22. The van der Waals surface area contributed by atoms with Crippen molar-refractivity contribution in [1.82, 2.24) is 5.32 Å². The molecule has 2 nitrogen and oxygen atoms in total. The van der Waals surface area contributed by atoms with Gasteiger partial charge in [-0.15, -0.1) is 0 Å². The van der Waals surface area contributed by atoms with Gasteiger partial charge >= 0.3 is 6.18 Å². The van der Waals surface area contributed by atoms with Crippen molar-refractivity contribution in [3.63, 3.8) is 0 Å². The Hall–Kier alpha value is -1.49. The average molecular weight is 306 g/mol. The SMILES string of the molecule is CCC(C)NC(=O)/C=C/c1cc(C(F)(F)F)ccc1Cl. The molecule has 1 aromatic rings. The smallest absolute Gasteiger partial charge is 0.350 e. The maximum absolute atomic E-state index is 12.6. The van der Waals surface area contributed by atoms with Crippen molar-refractivity contribution < 1.29 is 18.0 Å². The van der Waals surface area contributed by atoms with E-state index in [0.29, 0.717) is 0 Å². The number of benzene rings is 1. The van der Waals surface area contributed by atoms with E-state index in [1.54, 1.807) is 0 Å². The molecule has 0 aliphatic heterocycles. The Balaban J connectivity index is 2.89. The van der Waals surface area contributed by atoms with Crippen LogP contribution in [0.3, 0.4) is 0 Å². The van der Waals surface area contributed by atoms with E-state index in [1.807, 2.05) is 13.8 Å². The summed E-state index contributed by atoms with van der Waals surface area (Å²) >= 11 is 5.81. The largest absolute Gasteiger partial charge is 0.416 e. The minimum absolute atomic E-state index is 0.00383. The summed E-state index contributed by atoms with van der Waals surface area (Å²) in [5.41, 5.74) is -0.648. The monoisotopic (exact) mass is 305 g/mol. The van der Waals surface area contributed by atoms with Gasteiger partial charge in [0, 0.05) is 17.1 Å². The zero-order valence-electron chi connectivity index (χ0n) is 11.1. The van der Waals surface area contributed by atoms with E-state index in [0.717, 1.165) is 24.6 Å². The Morgan fingerprint density at radius 1 is 1.45 bits per heavy atom. The van der Waals surface area contributed by atoms with Gasteiger partial charge in [0.1, 0.15) is 0 Å². The lowest BCUT2D eigenvalue weighted by molar-refractivity contribution is -0.137. The van der Waals surface area contributed by atoms with Gasteiger partial charge in [0.2, 0.25) is 5.91 Å². The van der Waals surface area contributed by atoms with Gasteiger partial charge in [-0.2, -0.15) is 13.2 Å². The molecule has 1 unspecified atom stereocenters. The summed E-state index contributed by atoms with van der Waals surface area (Å²) in [5, 5.41) is 2.83. The first-order valence-electron chi connectivity index (χ1n) is 6.09. The van der Waals surface area contributed by atoms with E-state index in [2.05, 4.69) is 5.32 Å². The summed E-state index contributed by atoms with van der Waals surface area (Å²) in [6, 6.07) is 2.98. The van der Waals surface area contributed by atoms with Crippen molar-refractivity contribution >= 4 is 23.6 Å². The summed E-state index contributed by atoms with van der Waals surface area (Å²) in [4.78, 5) is 11.5. The lowest BCUT2D eigenvalue weighted by Gasteiger charge is -2.09. The van der Waals surface area contributed by atoms with E-state index in [4.69, 9.17) is 11.6 Å². The molecule has 0 heterocycles.